The Bertz CT molecular complexity index is 533. The summed E-state index contributed by atoms with van der Waals surface area (Å²) in [5, 5.41) is 0.353. The number of nitrogens with zero attached hydrogens (tertiary/aromatic N) is 2. The highest BCUT2D eigenvalue weighted by Crippen LogP contribution is 2.29. The van der Waals surface area contributed by atoms with E-state index in [1.54, 1.807) is 21.0 Å². The van der Waals surface area contributed by atoms with Crippen molar-refractivity contribution < 1.29 is 9.59 Å². The molecular formula is C13H17Cl2N3O2. The van der Waals surface area contributed by atoms with Crippen molar-refractivity contribution in [3.63, 3.8) is 0 Å². The van der Waals surface area contributed by atoms with Gasteiger partial charge in [-0.3, -0.25) is 9.59 Å². The summed E-state index contributed by atoms with van der Waals surface area (Å²) in [4.78, 5) is 26.9. The summed E-state index contributed by atoms with van der Waals surface area (Å²) in [7, 11) is 3.26. The Kier molecular flexibility index (Phi) is 5.65. The van der Waals surface area contributed by atoms with E-state index in [-0.39, 0.29) is 34.0 Å². The van der Waals surface area contributed by atoms with E-state index in [2.05, 4.69) is 0 Å². The molecule has 0 unspecified atom stereocenters. The maximum atomic E-state index is 12.4. The summed E-state index contributed by atoms with van der Waals surface area (Å²) in [5.41, 5.74) is 6.21. The van der Waals surface area contributed by atoms with Gasteiger partial charge in [0.1, 0.15) is 0 Å². The molecule has 0 fully saturated rings. The topological polar surface area (TPSA) is 66.6 Å². The van der Waals surface area contributed by atoms with E-state index in [0.717, 1.165) is 0 Å². The number of halogens is 2. The molecule has 1 aromatic rings. The van der Waals surface area contributed by atoms with E-state index >= 15 is 0 Å². The second kappa shape index (κ2) is 6.81. The highest BCUT2D eigenvalue weighted by Gasteiger charge is 2.22. The first-order valence-electron chi connectivity index (χ1n) is 6.01. The van der Waals surface area contributed by atoms with Crippen LogP contribution in [0.15, 0.2) is 12.1 Å². The molecule has 1 aromatic carbocycles. The quantitative estimate of drug-likeness (QED) is 0.865. The van der Waals surface area contributed by atoms with Gasteiger partial charge in [-0.05, 0) is 19.1 Å². The minimum atomic E-state index is -0.373. The lowest BCUT2D eigenvalue weighted by Crippen LogP contribution is -2.40. The normalized spacial score (nSPS) is 10.2. The molecule has 2 amide bonds. The van der Waals surface area contributed by atoms with Crippen molar-refractivity contribution in [2.75, 3.05) is 32.9 Å². The highest BCUT2D eigenvalue weighted by molar-refractivity contribution is 6.44. The lowest BCUT2D eigenvalue weighted by molar-refractivity contribution is -0.129. The number of carbonyl (C=O) groups is 2. The Morgan fingerprint density at radius 3 is 2.35 bits per heavy atom. The van der Waals surface area contributed by atoms with Gasteiger partial charge in [-0.25, -0.2) is 0 Å². The van der Waals surface area contributed by atoms with Crippen LogP contribution >= 0.6 is 23.2 Å². The lowest BCUT2D eigenvalue weighted by atomic mass is 10.1. The van der Waals surface area contributed by atoms with Crippen molar-refractivity contribution >= 4 is 40.7 Å². The van der Waals surface area contributed by atoms with Crippen molar-refractivity contribution in [2.45, 2.75) is 6.92 Å². The minimum absolute atomic E-state index is 0.0227. The minimum Gasteiger partial charge on any atom is -0.399 e. The number of carbonyl (C=O) groups excluding carboxylic acids is 2. The van der Waals surface area contributed by atoms with Crippen LogP contribution < -0.4 is 5.73 Å². The number of nitrogen functional groups attached to an aromatic ring is 1. The average Bonchev–Trinajstić information content (AvgIpc) is 2.38. The third-order valence-corrected chi connectivity index (χ3v) is 3.58. The van der Waals surface area contributed by atoms with Crippen molar-refractivity contribution in [2.24, 2.45) is 0 Å². The fraction of sp³-hybridized carbons (Fsp3) is 0.385. The first kappa shape index (κ1) is 16.6. The van der Waals surface area contributed by atoms with Gasteiger partial charge in [0.2, 0.25) is 5.91 Å². The molecule has 0 saturated carbocycles. The molecule has 0 heterocycles. The standard InChI is InChI=1S/C13H17Cl2N3O2/c1-4-18(7-11(19)17(2)3)13(20)9-5-8(16)6-10(14)12(9)15/h5-6H,4,7,16H2,1-3H3. The molecule has 110 valence electrons. The summed E-state index contributed by atoms with van der Waals surface area (Å²) >= 11 is 11.9. The second-order valence-electron chi connectivity index (χ2n) is 4.47. The van der Waals surface area contributed by atoms with Crippen molar-refractivity contribution in [3.8, 4) is 0 Å². The van der Waals surface area contributed by atoms with Crippen LogP contribution in [-0.4, -0.2) is 48.8 Å². The average molecular weight is 318 g/mol. The molecule has 0 atom stereocenters. The van der Waals surface area contributed by atoms with E-state index < -0.39 is 0 Å². The predicted octanol–water partition coefficient (Wildman–Crippen LogP) is 2.13. The molecule has 0 aliphatic heterocycles. The van der Waals surface area contributed by atoms with Crippen LogP contribution in [0.25, 0.3) is 0 Å². The SMILES string of the molecule is CCN(CC(=O)N(C)C)C(=O)c1cc(N)cc(Cl)c1Cl. The number of benzene rings is 1. The molecule has 7 heteroatoms. The van der Waals surface area contributed by atoms with E-state index in [1.165, 1.54) is 21.9 Å². The van der Waals surface area contributed by atoms with Gasteiger partial charge in [0.25, 0.3) is 5.91 Å². The number of anilines is 1. The summed E-state index contributed by atoms with van der Waals surface area (Å²) < 4.78 is 0. The molecule has 0 aliphatic rings. The van der Waals surface area contributed by atoms with Crippen LogP contribution in [0.2, 0.25) is 10.0 Å². The third-order valence-electron chi connectivity index (χ3n) is 2.77. The monoisotopic (exact) mass is 317 g/mol. The molecule has 2 N–H and O–H groups in total. The van der Waals surface area contributed by atoms with Crippen molar-refractivity contribution in [1.82, 2.24) is 9.80 Å². The van der Waals surface area contributed by atoms with Gasteiger partial charge in [0.15, 0.2) is 0 Å². The van der Waals surface area contributed by atoms with Crippen LogP contribution in [0, 0.1) is 0 Å². The van der Waals surface area contributed by atoms with Gasteiger partial charge < -0.3 is 15.5 Å². The molecule has 0 aliphatic carbocycles. The summed E-state index contributed by atoms with van der Waals surface area (Å²) in [6.45, 7) is 2.13. The van der Waals surface area contributed by atoms with Crippen LogP contribution in [0.3, 0.4) is 0 Å². The largest absolute Gasteiger partial charge is 0.399 e. The smallest absolute Gasteiger partial charge is 0.255 e. The molecule has 5 nitrogen and oxygen atoms in total. The zero-order valence-corrected chi connectivity index (χ0v) is 13.1. The Hall–Kier alpha value is -1.46. The molecule has 1 rings (SSSR count). The number of likely N-dealkylation sites (N-methyl/N-ethyl adjacent to an activating group) is 2. The number of amides is 2. The van der Waals surface area contributed by atoms with Gasteiger partial charge >= 0.3 is 0 Å². The van der Waals surface area contributed by atoms with E-state index in [0.29, 0.717) is 12.2 Å². The van der Waals surface area contributed by atoms with Crippen LogP contribution in [0.5, 0.6) is 0 Å². The van der Waals surface area contributed by atoms with Gasteiger partial charge in [-0.15, -0.1) is 0 Å². The third kappa shape index (κ3) is 3.77. The molecule has 0 aromatic heterocycles. The number of rotatable bonds is 4. The van der Waals surface area contributed by atoms with Gasteiger partial charge in [0.05, 0.1) is 22.2 Å². The Morgan fingerprint density at radius 1 is 1.25 bits per heavy atom. The Balaban J connectivity index is 3.06. The Labute approximate surface area is 128 Å². The van der Waals surface area contributed by atoms with E-state index in [1.807, 2.05) is 0 Å². The molecule has 0 bridgehead atoms. The highest BCUT2D eigenvalue weighted by atomic mass is 35.5. The lowest BCUT2D eigenvalue weighted by Gasteiger charge is -2.23. The molecule has 0 radical (unpaired) electrons. The molecule has 0 spiro atoms. The Morgan fingerprint density at radius 2 is 1.85 bits per heavy atom. The predicted molar refractivity (Wildman–Crippen MR) is 81.1 cm³/mol. The number of nitrogens with two attached hydrogens (primary N) is 1. The maximum absolute atomic E-state index is 12.4. The van der Waals surface area contributed by atoms with Crippen LogP contribution in [-0.2, 0) is 4.79 Å². The molecular weight excluding hydrogens is 301 g/mol. The molecule has 0 saturated heterocycles. The number of hydrogen-bond acceptors (Lipinski definition) is 3. The van der Waals surface area contributed by atoms with Crippen molar-refractivity contribution in [3.05, 3.63) is 27.7 Å². The zero-order chi connectivity index (χ0) is 15.4. The van der Waals surface area contributed by atoms with Gasteiger partial charge in [-0.2, -0.15) is 0 Å². The van der Waals surface area contributed by atoms with Gasteiger partial charge in [0, 0.05) is 26.3 Å². The van der Waals surface area contributed by atoms with E-state index in [9.17, 15) is 9.59 Å². The zero-order valence-electron chi connectivity index (χ0n) is 11.6. The van der Waals surface area contributed by atoms with Crippen molar-refractivity contribution in [1.29, 1.82) is 0 Å². The van der Waals surface area contributed by atoms with Gasteiger partial charge in [-0.1, -0.05) is 23.2 Å². The van der Waals surface area contributed by atoms with E-state index in [4.69, 9.17) is 28.9 Å². The number of hydrogen-bond donors (Lipinski definition) is 1. The second-order valence-corrected chi connectivity index (χ2v) is 5.26. The summed E-state index contributed by atoms with van der Waals surface area (Å²) in [5.74, 6) is -0.548. The fourth-order valence-corrected chi connectivity index (χ4v) is 1.99. The first-order chi connectivity index (χ1) is 9.27. The first-order valence-corrected chi connectivity index (χ1v) is 6.77. The molecule has 20 heavy (non-hydrogen) atoms. The maximum Gasteiger partial charge on any atom is 0.255 e. The summed E-state index contributed by atoms with van der Waals surface area (Å²) in [6, 6.07) is 2.93. The fourth-order valence-electron chi connectivity index (χ4n) is 1.57. The van der Waals surface area contributed by atoms with Crippen LogP contribution in [0.4, 0.5) is 5.69 Å². The van der Waals surface area contributed by atoms with Crippen LogP contribution in [0.1, 0.15) is 17.3 Å². The summed E-state index contributed by atoms with van der Waals surface area (Å²) in [6.07, 6.45) is 0.